The van der Waals surface area contributed by atoms with Gasteiger partial charge in [-0.15, -0.1) is 5.56 Å². The topological polar surface area (TPSA) is 115 Å². The Labute approximate surface area is 258 Å². The van der Waals surface area contributed by atoms with E-state index in [-0.39, 0.29) is 43.5 Å². The number of rotatable bonds is 6. The molecular weight excluding hydrogens is 723 g/mol. The van der Waals surface area contributed by atoms with Crippen LogP contribution in [0.4, 0.5) is 4.39 Å². The SMILES string of the molecule is CCCCC.C[C-]=O.Cc1[c-]ccc(-c2ccc(C)c(F)c2)c1.N#CCNCCO.OC1CCNCCO1.[U+2]. The van der Waals surface area contributed by atoms with Crippen molar-refractivity contribution in [2.24, 2.45) is 0 Å². The molecule has 0 bridgehead atoms. The molecule has 1 aliphatic heterocycles. The van der Waals surface area contributed by atoms with Gasteiger partial charge >= 0.3 is 31.1 Å². The monoisotopic (exact) mass is 769 g/mol. The number of hydrogen-bond donors (Lipinski definition) is 4. The van der Waals surface area contributed by atoms with Crippen LogP contribution in [0.5, 0.6) is 0 Å². The fourth-order valence-corrected chi connectivity index (χ4v) is 2.82. The minimum absolute atomic E-state index is 0. The van der Waals surface area contributed by atoms with Crippen LogP contribution in [-0.4, -0.2) is 62.2 Å². The Bertz CT molecular complexity index is 872. The second kappa shape index (κ2) is 30.9. The Morgan fingerprint density at radius 2 is 1.85 bits per heavy atom. The number of carbonyl (C=O) groups excluding carboxylic acids is 1. The Morgan fingerprint density at radius 1 is 1.21 bits per heavy atom. The fourth-order valence-electron chi connectivity index (χ4n) is 2.82. The van der Waals surface area contributed by atoms with Crippen molar-refractivity contribution in [3.8, 4) is 17.2 Å². The number of nitrogens with one attached hydrogen (secondary N) is 2. The van der Waals surface area contributed by atoms with Crippen molar-refractivity contribution >= 4 is 6.29 Å². The summed E-state index contributed by atoms with van der Waals surface area (Å²) in [5, 5.41) is 30.6. The average molecular weight is 770 g/mol. The average Bonchev–Trinajstić information content (AvgIpc) is 3.15. The first-order valence-corrected chi connectivity index (χ1v) is 13.0. The van der Waals surface area contributed by atoms with Crippen molar-refractivity contribution in [3.63, 3.8) is 0 Å². The molecule has 4 N–H and O–H groups in total. The van der Waals surface area contributed by atoms with E-state index in [0.717, 1.165) is 29.8 Å². The summed E-state index contributed by atoms with van der Waals surface area (Å²) in [7, 11) is 0. The fraction of sp³-hybridized carbons (Fsp3) is 0.533. The first kappa shape index (κ1) is 41.9. The Hall–Kier alpha value is -1.62. The third-order valence-electron chi connectivity index (χ3n) is 4.81. The maximum atomic E-state index is 13.4. The Morgan fingerprint density at radius 3 is 2.36 bits per heavy atom. The first-order valence-electron chi connectivity index (χ1n) is 13.0. The van der Waals surface area contributed by atoms with E-state index < -0.39 is 6.29 Å². The molecule has 0 aliphatic carbocycles. The van der Waals surface area contributed by atoms with Gasteiger partial charge in [-0.3, -0.25) is 6.29 Å². The van der Waals surface area contributed by atoms with Crippen molar-refractivity contribution < 1.29 is 55.2 Å². The molecule has 1 heterocycles. The van der Waals surface area contributed by atoms with Crippen LogP contribution in [0.25, 0.3) is 11.1 Å². The van der Waals surface area contributed by atoms with E-state index in [4.69, 9.17) is 25.0 Å². The molecule has 1 atom stereocenters. The number of nitrogens with zero attached hydrogens (tertiary/aromatic N) is 1. The zero-order valence-electron chi connectivity index (χ0n) is 24.1. The number of hydrogen-bond acceptors (Lipinski definition) is 7. The van der Waals surface area contributed by atoms with Crippen LogP contribution in [0.3, 0.4) is 0 Å². The van der Waals surface area contributed by atoms with Crippen LogP contribution in [0, 0.1) is 68.2 Å². The molecular formula is C30H46FN3O4U. The van der Waals surface area contributed by atoms with Crippen LogP contribution >= 0.6 is 0 Å². The third-order valence-corrected chi connectivity index (χ3v) is 4.81. The summed E-state index contributed by atoms with van der Waals surface area (Å²) in [6.45, 7) is 12.8. The number of benzene rings is 2. The molecule has 216 valence electrons. The van der Waals surface area contributed by atoms with Crippen LogP contribution in [0.1, 0.15) is 57.6 Å². The zero-order valence-corrected chi connectivity index (χ0v) is 28.3. The number of ether oxygens (including phenoxy) is 1. The standard InChI is InChI=1S/C14H12F.C5H11NO2.C5H12.C4H8N2O.C2H3O.U/c1-10-4-3-5-12(8-10)13-7-6-11(2)14(15)9-13;7-5-1-2-6-3-4-8-5;1-3-5-4-2;5-1-2-6-3-4-7;1-2-3;/h3,5-9H,1-2H3;5-7H,1-4H2;3-5H2,1-2H3;6-7H,2-4H2;1H3;/q-1;;;;-1;+2. The number of unbranched alkanes of at least 4 members (excludes halogenated alkanes) is 2. The Balaban J connectivity index is -0.000000463. The number of aliphatic hydroxyl groups is 2. The zero-order chi connectivity index (χ0) is 29.0. The van der Waals surface area contributed by atoms with Crippen molar-refractivity contribution in [1.82, 2.24) is 10.6 Å². The molecule has 1 unspecified atom stereocenters. The quantitative estimate of drug-likeness (QED) is 0.193. The van der Waals surface area contributed by atoms with Gasteiger partial charge in [-0.1, -0.05) is 52.2 Å². The van der Waals surface area contributed by atoms with Gasteiger partial charge in [0.05, 0.1) is 25.8 Å². The van der Waals surface area contributed by atoms with E-state index in [9.17, 15) is 4.39 Å². The molecule has 1 fully saturated rings. The van der Waals surface area contributed by atoms with Crippen LogP contribution in [0.15, 0.2) is 36.4 Å². The van der Waals surface area contributed by atoms with Gasteiger partial charge in [0.1, 0.15) is 5.82 Å². The van der Waals surface area contributed by atoms with E-state index >= 15 is 0 Å². The molecule has 0 amide bonds. The number of aryl methyl sites for hydroxylation is 2. The van der Waals surface area contributed by atoms with E-state index in [0.29, 0.717) is 31.7 Å². The maximum absolute atomic E-state index is 13.4. The Kier molecular flexibility index (Phi) is 33.2. The first-order chi connectivity index (χ1) is 18.3. The van der Waals surface area contributed by atoms with Crippen molar-refractivity contribution in [2.75, 3.05) is 39.4 Å². The normalized spacial score (nSPS) is 13.4. The smallest absolute Gasteiger partial charge is 0.542 e. The third kappa shape index (κ3) is 26.4. The van der Waals surface area contributed by atoms with E-state index in [1.165, 1.54) is 32.5 Å². The summed E-state index contributed by atoms with van der Waals surface area (Å²) in [5.74, 6) is -0.155. The van der Waals surface area contributed by atoms with Gasteiger partial charge in [0.2, 0.25) is 0 Å². The van der Waals surface area contributed by atoms with Gasteiger partial charge in [-0.2, -0.15) is 42.0 Å². The molecule has 0 saturated carbocycles. The minimum atomic E-state index is -0.537. The van der Waals surface area contributed by atoms with Gasteiger partial charge in [0.15, 0.2) is 6.29 Å². The summed E-state index contributed by atoms with van der Waals surface area (Å²) in [4.78, 5) is 8.68. The van der Waals surface area contributed by atoms with Gasteiger partial charge in [-0.25, -0.2) is 4.39 Å². The number of aliphatic hydroxyl groups excluding tert-OH is 2. The molecule has 0 radical (unpaired) electrons. The summed E-state index contributed by atoms with van der Waals surface area (Å²) in [5.41, 5.74) is 3.69. The number of nitriles is 1. The van der Waals surface area contributed by atoms with Crippen LogP contribution < -0.4 is 10.6 Å². The molecule has 9 heteroatoms. The molecule has 2 aromatic rings. The van der Waals surface area contributed by atoms with Crippen LogP contribution in [-0.2, 0) is 9.53 Å². The summed E-state index contributed by atoms with van der Waals surface area (Å²) >= 11 is 0. The van der Waals surface area contributed by atoms with Crippen molar-refractivity contribution in [2.45, 2.75) is 66.6 Å². The van der Waals surface area contributed by atoms with Gasteiger partial charge < -0.3 is 30.4 Å². The van der Waals surface area contributed by atoms with E-state index in [1.807, 2.05) is 37.3 Å². The molecule has 39 heavy (non-hydrogen) atoms. The predicted molar refractivity (Wildman–Crippen MR) is 152 cm³/mol. The second-order valence-corrected chi connectivity index (χ2v) is 8.20. The predicted octanol–water partition coefficient (Wildman–Crippen LogP) is 4.63. The molecule has 1 saturated heterocycles. The van der Waals surface area contributed by atoms with Gasteiger partial charge in [-0.05, 0) is 24.1 Å². The van der Waals surface area contributed by atoms with Crippen LogP contribution in [0.2, 0.25) is 0 Å². The molecule has 0 aromatic heterocycles. The summed E-state index contributed by atoms with van der Waals surface area (Å²) in [6, 6.07) is 16.1. The van der Waals surface area contributed by atoms with Gasteiger partial charge in [0.25, 0.3) is 0 Å². The van der Waals surface area contributed by atoms with E-state index in [1.54, 1.807) is 19.1 Å². The molecule has 1 aliphatic rings. The van der Waals surface area contributed by atoms with Crippen molar-refractivity contribution in [1.29, 1.82) is 5.26 Å². The second-order valence-electron chi connectivity index (χ2n) is 8.20. The molecule has 3 rings (SSSR count). The summed E-state index contributed by atoms with van der Waals surface area (Å²) < 4.78 is 18.3. The largest absolute Gasteiger partial charge is 2.00 e. The molecule has 0 spiro atoms. The number of halogens is 1. The minimum Gasteiger partial charge on any atom is -0.542 e. The summed E-state index contributed by atoms with van der Waals surface area (Å²) in [6.07, 6.45) is 5.75. The molecule has 2 aromatic carbocycles. The van der Waals surface area contributed by atoms with Gasteiger partial charge in [0, 0.05) is 26.1 Å². The van der Waals surface area contributed by atoms with Crippen molar-refractivity contribution in [3.05, 3.63) is 59.4 Å². The van der Waals surface area contributed by atoms with E-state index in [2.05, 4.69) is 30.5 Å². The maximum Gasteiger partial charge on any atom is 2.00 e. The molecule has 7 nitrogen and oxygen atoms in total.